The summed E-state index contributed by atoms with van der Waals surface area (Å²) in [6.45, 7) is 8.37. The molecule has 1 aromatic carbocycles. The number of rotatable bonds is 2. The van der Waals surface area contributed by atoms with Gasteiger partial charge in [-0.15, -0.1) is 10.2 Å². The number of benzene rings is 1. The molecule has 0 aliphatic carbocycles. The first-order valence-electron chi connectivity index (χ1n) is 6.94. The average molecular weight is 256 g/mol. The van der Waals surface area contributed by atoms with Crippen LogP contribution in [0.5, 0.6) is 0 Å². The Hall–Kier alpha value is -1.68. The van der Waals surface area contributed by atoms with Crippen molar-refractivity contribution in [2.45, 2.75) is 39.8 Å². The van der Waals surface area contributed by atoms with Gasteiger partial charge in [0, 0.05) is 18.7 Å². The second-order valence-electron chi connectivity index (χ2n) is 5.27. The third-order valence-corrected chi connectivity index (χ3v) is 3.86. The molecule has 1 atom stereocenters. The first kappa shape index (κ1) is 12.4. The van der Waals surface area contributed by atoms with Crippen LogP contribution in [0.4, 0.5) is 0 Å². The van der Waals surface area contributed by atoms with Crippen LogP contribution in [0, 0.1) is 13.8 Å². The highest BCUT2D eigenvalue weighted by molar-refractivity contribution is 5.61. The van der Waals surface area contributed by atoms with Crippen molar-refractivity contribution in [3.8, 4) is 11.4 Å². The van der Waals surface area contributed by atoms with Crippen molar-refractivity contribution in [3.63, 3.8) is 0 Å². The molecule has 1 unspecified atom stereocenters. The van der Waals surface area contributed by atoms with E-state index < -0.39 is 0 Å². The van der Waals surface area contributed by atoms with E-state index in [1.807, 2.05) is 0 Å². The molecule has 0 saturated heterocycles. The Bertz CT molecular complexity index is 600. The van der Waals surface area contributed by atoms with Gasteiger partial charge in [0.15, 0.2) is 11.6 Å². The monoisotopic (exact) mass is 256 g/mol. The fourth-order valence-electron chi connectivity index (χ4n) is 2.74. The lowest BCUT2D eigenvalue weighted by atomic mass is 10.0. The molecule has 0 amide bonds. The molecular weight excluding hydrogens is 236 g/mol. The summed E-state index contributed by atoms with van der Waals surface area (Å²) < 4.78 is 2.27. The molecule has 4 nitrogen and oxygen atoms in total. The summed E-state index contributed by atoms with van der Waals surface area (Å²) in [5.41, 5.74) is 3.72. The number of aryl methyl sites for hydroxylation is 2. The topological polar surface area (TPSA) is 42.7 Å². The normalized spacial score (nSPS) is 18.4. The highest BCUT2D eigenvalue weighted by Crippen LogP contribution is 2.27. The minimum Gasteiger partial charge on any atom is -0.308 e. The van der Waals surface area contributed by atoms with Gasteiger partial charge in [0.1, 0.15) is 0 Å². The zero-order valence-electron chi connectivity index (χ0n) is 11.8. The summed E-state index contributed by atoms with van der Waals surface area (Å²) in [6.07, 6.45) is 1.05. The van der Waals surface area contributed by atoms with Crippen LogP contribution in [0.1, 0.15) is 36.3 Å². The maximum absolute atomic E-state index is 4.44. The van der Waals surface area contributed by atoms with E-state index in [2.05, 4.69) is 59.1 Å². The summed E-state index contributed by atoms with van der Waals surface area (Å²) in [4.78, 5) is 0. The smallest absolute Gasteiger partial charge is 0.164 e. The van der Waals surface area contributed by atoms with Gasteiger partial charge >= 0.3 is 0 Å². The van der Waals surface area contributed by atoms with E-state index in [0.717, 1.165) is 31.2 Å². The molecule has 3 rings (SSSR count). The molecule has 0 fully saturated rings. The van der Waals surface area contributed by atoms with Crippen LogP contribution in [-0.2, 0) is 6.54 Å². The molecule has 100 valence electrons. The minimum atomic E-state index is 0.333. The van der Waals surface area contributed by atoms with Crippen molar-refractivity contribution in [2.24, 2.45) is 0 Å². The van der Waals surface area contributed by atoms with Gasteiger partial charge in [0.2, 0.25) is 0 Å². The second-order valence-corrected chi connectivity index (χ2v) is 5.27. The van der Waals surface area contributed by atoms with Crippen LogP contribution in [0.3, 0.4) is 0 Å². The lowest BCUT2D eigenvalue weighted by molar-refractivity contribution is 0.407. The number of aromatic nitrogens is 3. The van der Waals surface area contributed by atoms with Crippen molar-refractivity contribution >= 4 is 0 Å². The molecule has 1 N–H and O–H groups in total. The van der Waals surface area contributed by atoms with E-state index in [-0.39, 0.29) is 0 Å². The molecule has 0 spiro atoms. The van der Waals surface area contributed by atoms with Crippen LogP contribution < -0.4 is 5.32 Å². The lowest BCUT2D eigenvalue weighted by Gasteiger charge is -2.24. The highest BCUT2D eigenvalue weighted by Gasteiger charge is 2.24. The maximum Gasteiger partial charge on any atom is 0.164 e. The number of hydrogen-bond acceptors (Lipinski definition) is 3. The number of nitrogens with zero attached hydrogens (tertiary/aromatic N) is 3. The van der Waals surface area contributed by atoms with Gasteiger partial charge in [-0.2, -0.15) is 0 Å². The van der Waals surface area contributed by atoms with Crippen molar-refractivity contribution in [3.05, 3.63) is 35.2 Å². The van der Waals surface area contributed by atoms with Gasteiger partial charge in [-0.1, -0.05) is 24.6 Å². The Labute approximate surface area is 113 Å². The zero-order valence-corrected chi connectivity index (χ0v) is 11.8. The zero-order chi connectivity index (χ0) is 13.4. The number of hydrogen-bond donors (Lipinski definition) is 1. The van der Waals surface area contributed by atoms with Gasteiger partial charge in [0.05, 0.1) is 6.04 Å². The van der Waals surface area contributed by atoms with Gasteiger partial charge in [-0.05, 0) is 31.9 Å². The van der Waals surface area contributed by atoms with Crippen LogP contribution in [0.2, 0.25) is 0 Å². The van der Waals surface area contributed by atoms with E-state index in [1.165, 1.54) is 16.7 Å². The van der Waals surface area contributed by atoms with Crippen LogP contribution in [0.25, 0.3) is 11.4 Å². The predicted octanol–water partition coefficient (Wildman–Crippen LogP) is 2.62. The van der Waals surface area contributed by atoms with Gasteiger partial charge < -0.3 is 9.88 Å². The van der Waals surface area contributed by atoms with E-state index in [4.69, 9.17) is 0 Å². The van der Waals surface area contributed by atoms with E-state index in [9.17, 15) is 0 Å². The van der Waals surface area contributed by atoms with E-state index >= 15 is 0 Å². The second kappa shape index (κ2) is 4.78. The summed E-state index contributed by atoms with van der Waals surface area (Å²) in [5, 5.41) is 12.3. The fourth-order valence-corrected chi connectivity index (χ4v) is 2.74. The molecule has 0 radical (unpaired) electrons. The molecule has 1 aliphatic rings. The average Bonchev–Trinajstić information content (AvgIpc) is 2.85. The van der Waals surface area contributed by atoms with Gasteiger partial charge in [-0.3, -0.25) is 0 Å². The van der Waals surface area contributed by atoms with E-state index in [1.54, 1.807) is 0 Å². The first-order chi connectivity index (χ1) is 9.20. The molecule has 4 heteroatoms. The SMILES string of the molecule is CCC1NCCn2c(-c3cc(C)ccc3C)nnc21. The Morgan fingerprint density at radius 1 is 1.32 bits per heavy atom. The highest BCUT2D eigenvalue weighted by atomic mass is 15.3. The molecule has 1 aliphatic heterocycles. The molecule has 2 aromatic rings. The first-order valence-corrected chi connectivity index (χ1v) is 6.94. The van der Waals surface area contributed by atoms with Crippen LogP contribution in [-0.4, -0.2) is 21.3 Å². The maximum atomic E-state index is 4.44. The Morgan fingerprint density at radius 2 is 2.16 bits per heavy atom. The van der Waals surface area contributed by atoms with Crippen LogP contribution in [0.15, 0.2) is 18.2 Å². The Balaban J connectivity index is 2.12. The minimum absolute atomic E-state index is 0.333. The standard InChI is InChI=1S/C15H20N4/c1-4-13-15-18-17-14(19(15)8-7-16-13)12-9-10(2)5-6-11(12)3/h5-6,9,13,16H,4,7-8H2,1-3H3. The van der Waals surface area contributed by atoms with Crippen molar-refractivity contribution in [2.75, 3.05) is 6.54 Å². The van der Waals surface area contributed by atoms with Crippen molar-refractivity contribution in [1.29, 1.82) is 0 Å². The fraction of sp³-hybridized carbons (Fsp3) is 0.467. The molecule has 0 saturated carbocycles. The third kappa shape index (κ3) is 2.06. The van der Waals surface area contributed by atoms with E-state index in [0.29, 0.717) is 6.04 Å². The van der Waals surface area contributed by atoms with Gasteiger partial charge in [-0.25, -0.2) is 0 Å². The summed E-state index contributed by atoms with van der Waals surface area (Å²) in [7, 11) is 0. The van der Waals surface area contributed by atoms with Crippen molar-refractivity contribution < 1.29 is 0 Å². The molecule has 2 heterocycles. The molecule has 1 aromatic heterocycles. The predicted molar refractivity (Wildman–Crippen MR) is 76.0 cm³/mol. The summed E-state index contributed by atoms with van der Waals surface area (Å²) in [6, 6.07) is 6.84. The van der Waals surface area contributed by atoms with Crippen LogP contribution >= 0.6 is 0 Å². The Kier molecular flexibility index (Phi) is 3.11. The quantitative estimate of drug-likeness (QED) is 0.898. The molecular formula is C15H20N4. The third-order valence-electron chi connectivity index (χ3n) is 3.86. The number of fused-ring (bicyclic) bond motifs is 1. The lowest BCUT2D eigenvalue weighted by Crippen LogP contribution is -2.33. The summed E-state index contributed by atoms with van der Waals surface area (Å²) in [5.74, 6) is 2.08. The Morgan fingerprint density at radius 3 is 2.95 bits per heavy atom. The summed E-state index contributed by atoms with van der Waals surface area (Å²) >= 11 is 0. The number of nitrogens with one attached hydrogen (secondary N) is 1. The molecule has 0 bridgehead atoms. The largest absolute Gasteiger partial charge is 0.308 e. The van der Waals surface area contributed by atoms with Gasteiger partial charge in [0.25, 0.3) is 0 Å². The molecule has 19 heavy (non-hydrogen) atoms. The van der Waals surface area contributed by atoms with Crippen molar-refractivity contribution in [1.82, 2.24) is 20.1 Å².